The molecule has 2 fully saturated rings. The summed E-state index contributed by atoms with van der Waals surface area (Å²) in [6.07, 6.45) is 5.58. The third kappa shape index (κ3) is 2.83. The molecule has 0 spiro atoms. The number of aromatic nitrogens is 1. The van der Waals surface area contributed by atoms with Crippen LogP contribution in [0, 0.1) is 5.92 Å². The minimum Gasteiger partial charge on any atom is -0.339 e. The lowest BCUT2D eigenvalue weighted by atomic mass is 9.93. The van der Waals surface area contributed by atoms with Crippen LogP contribution in [-0.2, 0) is 9.05 Å². The maximum atomic E-state index is 12.7. The first kappa shape index (κ1) is 14.9. The van der Waals surface area contributed by atoms with Crippen LogP contribution in [0.15, 0.2) is 17.2 Å². The predicted octanol–water partition coefficient (Wildman–Crippen LogP) is 2.62. The molecule has 1 aliphatic carbocycles. The molecule has 1 aromatic rings. The fourth-order valence-corrected chi connectivity index (χ4v) is 3.75. The molecule has 1 atom stereocenters. The van der Waals surface area contributed by atoms with E-state index in [0.29, 0.717) is 11.6 Å². The van der Waals surface area contributed by atoms with Crippen LogP contribution in [0.4, 0.5) is 0 Å². The Hall–Kier alpha value is -1.01. The highest BCUT2D eigenvalue weighted by molar-refractivity contribution is 8.13. The van der Waals surface area contributed by atoms with Gasteiger partial charge in [0.05, 0.1) is 0 Å². The van der Waals surface area contributed by atoms with Gasteiger partial charge in [0.25, 0.3) is 15.0 Å². The van der Waals surface area contributed by atoms with Gasteiger partial charge >= 0.3 is 0 Å². The van der Waals surface area contributed by atoms with Crippen LogP contribution in [0.3, 0.4) is 0 Å². The Kier molecular flexibility index (Phi) is 3.78. The first-order valence-electron chi connectivity index (χ1n) is 7.32. The van der Waals surface area contributed by atoms with Crippen molar-refractivity contribution in [1.29, 1.82) is 0 Å². The molecule has 5 nitrogen and oxygen atoms in total. The maximum absolute atomic E-state index is 12.7. The molecule has 1 saturated heterocycles. The molecule has 1 aromatic heterocycles. The highest BCUT2D eigenvalue weighted by atomic mass is 35.7. The Morgan fingerprint density at radius 2 is 2.05 bits per heavy atom. The molecule has 0 N–H and O–H groups in total. The summed E-state index contributed by atoms with van der Waals surface area (Å²) < 4.78 is 24.9. The van der Waals surface area contributed by atoms with E-state index >= 15 is 0 Å². The second-order valence-electron chi connectivity index (χ2n) is 6.14. The molecule has 1 saturated carbocycles. The predicted molar refractivity (Wildman–Crippen MR) is 80.0 cm³/mol. The van der Waals surface area contributed by atoms with E-state index in [4.69, 9.17) is 10.7 Å². The van der Waals surface area contributed by atoms with E-state index < -0.39 is 9.05 Å². The Balaban J connectivity index is 1.95. The molecule has 1 aliphatic heterocycles. The van der Waals surface area contributed by atoms with Gasteiger partial charge in [0, 0.05) is 36.0 Å². The van der Waals surface area contributed by atoms with Crippen LogP contribution < -0.4 is 0 Å². The van der Waals surface area contributed by atoms with Gasteiger partial charge in [-0.25, -0.2) is 8.42 Å². The van der Waals surface area contributed by atoms with E-state index in [1.54, 1.807) is 4.90 Å². The lowest BCUT2D eigenvalue weighted by molar-refractivity contribution is 0.0771. The van der Waals surface area contributed by atoms with Gasteiger partial charge < -0.3 is 9.47 Å². The number of likely N-dealkylation sites (tertiary alicyclic amines) is 1. The summed E-state index contributed by atoms with van der Waals surface area (Å²) in [5, 5.41) is 0. The van der Waals surface area contributed by atoms with Crippen molar-refractivity contribution in [3.63, 3.8) is 0 Å². The highest BCUT2D eigenvalue weighted by Crippen LogP contribution is 2.35. The highest BCUT2D eigenvalue weighted by Gasteiger charge is 2.31. The average Bonchev–Trinajstić information content (AvgIpc) is 2.92. The van der Waals surface area contributed by atoms with Crippen molar-refractivity contribution in [1.82, 2.24) is 9.47 Å². The Morgan fingerprint density at radius 3 is 2.52 bits per heavy atom. The minimum atomic E-state index is -3.81. The number of amides is 1. The van der Waals surface area contributed by atoms with Gasteiger partial charge in [0.1, 0.15) is 10.6 Å². The molecule has 1 amide bonds. The molecule has 0 radical (unpaired) electrons. The SMILES string of the molecule is CC1CCN(C(=O)c2cc(S(=O)(=O)Cl)cn2C2CCC2)C1. The van der Waals surface area contributed by atoms with E-state index in [2.05, 4.69) is 6.92 Å². The molecule has 3 rings (SSSR count). The molecule has 2 aliphatic rings. The summed E-state index contributed by atoms with van der Waals surface area (Å²) in [5.74, 6) is 0.412. The topological polar surface area (TPSA) is 59.4 Å². The molecule has 0 aromatic carbocycles. The van der Waals surface area contributed by atoms with E-state index in [-0.39, 0.29) is 16.8 Å². The molecular weight excluding hydrogens is 312 g/mol. The van der Waals surface area contributed by atoms with Gasteiger partial charge in [-0.15, -0.1) is 0 Å². The Labute approximate surface area is 129 Å². The van der Waals surface area contributed by atoms with Crippen LogP contribution >= 0.6 is 10.7 Å². The number of carbonyl (C=O) groups is 1. The number of hydrogen-bond acceptors (Lipinski definition) is 3. The third-order valence-corrected chi connectivity index (χ3v) is 5.82. The van der Waals surface area contributed by atoms with Crippen LogP contribution in [-0.4, -0.2) is 36.9 Å². The molecule has 21 heavy (non-hydrogen) atoms. The normalized spacial score (nSPS) is 23.3. The molecule has 0 bridgehead atoms. The molecule has 1 unspecified atom stereocenters. The summed E-state index contributed by atoms with van der Waals surface area (Å²) in [7, 11) is 1.62. The van der Waals surface area contributed by atoms with Gasteiger partial charge in [-0.3, -0.25) is 4.79 Å². The molecule has 116 valence electrons. The molecular formula is C14H19ClN2O3S. The first-order valence-corrected chi connectivity index (χ1v) is 9.63. The fourth-order valence-electron chi connectivity index (χ4n) is 3.01. The second kappa shape index (κ2) is 5.32. The summed E-state index contributed by atoms with van der Waals surface area (Å²) in [4.78, 5) is 14.5. The number of halogens is 1. The van der Waals surface area contributed by atoms with Gasteiger partial charge in [-0.2, -0.15) is 0 Å². The van der Waals surface area contributed by atoms with Crippen LogP contribution in [0.25, 0.3) is 0 Å². The fraction of sp³-hybridized carbons (Fsp3) is 0.643. The van der Waals surface area contributed by atoms with E-state index in [9.17, 15) is 13.2 Å². The van der Waals surface area contributed by atoms with Crippen molar-refractivity contribution < 1.29 is 13.2 Å². The lowest BCUT2D eigenvalue weighted by Gasteiger charge is -2.29. The maximum Gasteiger partial charge on any atom is 0.270 e. The van der Waals surface area contributed by atoms with Crippen molar-refractivity contribution in [2.24, 2.45) is 5.92 Å². The monoisotopic (exact) mass is 330 g/mol. The van der Waals surface area contributed by atoms with Crippen LogP contribution in [0.5, 0.6) is 0 Å². The van der Waals surface area contributed by atoms with Gasteiger partial charge in [0.2, 0.25) is 0 Å². The summed E-state index contributed by atoms with van der Waals surface area (Å²) >= 11 is 0. The molecule has 7 heteroatoms. The zero-order valence-corrected chi connectivity index (χ0v) is 13.5. The first-order chi connectivity index (χ1) is 9.86. The van der Waals surface area contributed by atoms with Crippen LogP contribution in [0.2, 0.25) is 0 Å². The summed E-state index contributed by atoms with van der Waals surface area (Å²) in [5.41, 5.74) is 0.452. The largest absolute Gasteiger partial charge is 0.339 e. The van der Waals surface area contributed by atoms with Crippen molar-refractivity contribution in [2.45, 2.75) is 43.5 Å². The lowest BCUT2D eigenvalue weighted by Crippen LogP contribution is -2.31. The Bertz CT molecular complexity index is 664. The zero-order valence-electron chi connectivity index (χ0n) is 12.0. The summed E-state index contributed by atoms with van der Waals surface area (Å²) in [6.45, 7) is 3.59. The van der Waals surface area contributed by atoms with Crippen molar-refractivity contribution in [3.8, 4) is 0 Å². The van der Waals surface area contributed by atoms with Gasteiger partial charge in [-0.05, 0) is 37.7 Å². The zero-order chi connectivity index (χ0) is 15.2. The quantitative estimate of drug-likeness (QED) is 0.800. The van der Waals surface area contributed by atoms with E-state index in [0.717, 1.165) is 38.8 Å². The number of nitrogens with zero attached hydrogens (tertiary/aromatic N) is 2. The Morgan fingerprint density at radius 1 is 1.33 bits per heavy atom. The van der Waals surface area contributed by atoms with Gasteiger partial charge in [0.15, 0.2) is 0 Å². The van der Waals surface area contributed by atoms with Crippen LogP contribution in [0.1, 0.15) is 49.1 Å². The van der Waals surface area contributed by atoms with Gasteiger partial charge in [-0.1, -0.05) is 6.92 Å². The second-order valence-corrected chi connectivity index (χ2v) is 8.70. The molecule has 2 heterocycles. The average molecular weight is 331 g/mol. The minimum absolute atomic E-state index is 0.0201. The smallest absolute Gasteiger partial charge is 0.270 e. The van der Waals surface area contributed by atoms with Crippen molar-refractivity contribution in [3.05, 3.63) is 18.0 Å². The summed E-state index contributed by atoms with van der Waals surface area (Å²) in [6, 6.07) is 1.64. The van der Waals surface area contributed by atoms with Crippen molar-refractivity contribution in [2.75, 3.05) is 13.1 Å². The van der Waals surface area contributed by atoms with Crippen molar-refractivity contribution >= 4 is 25.6 Å². The standard InChI is InChI=1S/C14H19ClN2O3S/c1-10-5-6-16(8-10)14(18)13-7-12(21(15,19)20)9-17(13)11-3-2-4-11/h7,9-11H,2-6,8H2,1H3. The number of hydrogen-bond donors (Lipinski definition) is 0. The third-order valence-electron chi connectivity index (χ3n) is 4.50. The van der Waals surface area contributed by atoms with E-state index in [1.807, 2.05) is 4.57 Å². The number of rotatable bonds is 3. The number of carbonyl (C=O) groups excluding carboxylic acids is 1. The van der Waals surface area contributed by atoms with E-state index in [1.165, 1.54) is 12.3 Å².